The highest BCUT2D eigenvalue weighted by molar-refractivity contribution is 4.74. The lowest BCUT2D eigenvalue weighted by Crippen LogP contribution is -2.48. The molecule has 96 valence electrons. The zero-order valence-electron chi connectivity index (χ0n) is 10.1. The van der Waals surface area contributed by atoms with Crippen LogP contribution < -0.4 is 21.3 Å². The minimum atomic E-state index is 0.318. The molecule has 2 aliphatic heterocycles. The van der Waals surface area contributed by atoms with Gasteiger partial charge in [0.2, 0.25) is 0 Å². The van der Waals surface area contributed by atoms with E-state index in [1.165, 1.54) is 0 Å². The minimum Gasteiger partial charge on any atom is -0.396 e. The molecule has 0 aromatic rings. The van der Waals surface area contributed by atoms with E-state index in [2.05, 4.69) is 21.3 Å². The van der Waals surface area contributed by atoms with E-state index in [4.69, 9.17) is 5.11 Å². The molecule has 0 amide bonds. The molecule has 2 heterocycles. The Morgan fingerprint density at radius 3 is 1.94 bits per heavy atom. The fourth-order valence-corrected chi connectivity index (χ4v) is 1.86. The summed E-state index contributed by atoms with van der Waals surface area (Å²) in [5.41, 5.74) is 0. The Labute approximate surface area is 98.4 Å². The summed E-state index contributed by atoms with van der Waals surface area (Å²) in [6, 6.07) is 0.584. The monoisotopic (exact) mass is 230 g/mol. The quantitative estimate of drug-likeness (QED) is 0.408. The van der Waals surface area contributed by atoms with Crippen molar-refractivity contribution in [3.63, 3.8) is 0 Å². The molecular formula is C11H26N4O. The lowest BCUT2D eigenvalue weighted by atomic mass is 10.1. The third kappa shape index (κ3) is 7.14. The Bertz CT molecular complexity index is 135. The van der Waals surface area contributed by atoms with Crippen LogP contribution in [0.3, 0.4) is 0 Å². The van der Waals surface area contributed by atoms with Crippen LogP contribution >= 0.6 is 0 Å². The van der Waals surface area contributed by atoms with Crippen LogP contribution in [-0.2, 0) is 0 Å². The number of aliphatic hydroxyl groups is 1. The maximum absolute atomic E-state index is 8.55. The molecule has 0 radical (unpaired) electrons. The van der Waals surface area contributed by atoms with Gasteiger partial charge in [-0.15, -0.1) is 0 Å². The van der Waals surface area contributed by atoms with Crippen molar-refractivity contribution in [2.75, 3.05) is 52.4 Å². The van der Waals surface area contributed by atoms with Gasteiger partial charge in [-0.05, 0) is 12.8 Å². The predicted octanol–water partition coefficient (Wildman–Crippen LogP) is -1.50. The minimum absolute atomic E-state index is 0.318. The topological polar surface area (TPSA) is 68.3 Å². The summed E-state index contributed by atoms with van der Waals surface area (Å²) >= 11 is 0. The van der Waals surface area contributed by atoms with Gasteiger partial charge in [-0.2, -0.15) is 0 Å². The highest BCUT2D eigenvalue weighted by atomic mass is 16.2. The molecule has 0 spiro atoms. The van der Waals surface area contributed by atoms with E-state index in [9.17, 15) is 0 Å². The zero-order valence-corrected chi connectivity index (χ0v) is 10.1. The van der Waals surface area contributed by atoms with E-state index in [-0.39, 0.29) is 0 Å². The number of piperazine rings is 2. The molecule has 0 bridgehead atoms. The average molecular weight is 230 g/mol. The van der Waals surface area contributed by atoms with Crippen LogP contribution in [0.1, 0.15) is 12.8 Å². The molecule has 2 fully saturated rings. The Morgan fingerprint density at radius 1 is 0.875 bits per heavy atom. The first-order valence-corrected chi connectivity index (χ1v) is 6.40. The summed E-state index contributed by atoms with van der Waals surface area (Å²) in [5.74, 6) is 0. The zero-order chi connectivity index (χ0) is 11.5. The van der Waals surface area contributed by atoms with Gasteiger partial charge in [0.15, 0.2) is 0 Å². The second-order valence-electron chi connectivity index (χ2n) is 4.22. The van der Waals surface area contributed by atoms with Gasteiger partial charge in [0, 0.05) is 58.5 Å². The lowest BCUT2D eigenvalue weighted by molar-refractivity contribution is 0.269. The summed E-state index contributed by atoms with van der Waals surface area (Å²) < 4.78 is 0. The van der Waals surface area contributed by atoms with Gasteiger partial charge in [-0.1, -0.05) is 0 Å². The van der Waals surface area contributed by atoms with Crippen LogP contribution in [0.2, 0.25) is 0 Å². The highest BCUT2D eigenvalue weighted by Gasteiger charge is 2.09. The Kier molecular flexibility index (Phi) is 8.65. The molecule has 5 nitrogen and oxygen atoms in total. The maximum atomic E-state index is 8.55. The number of rotatable bonds is 3. The van der Waals surface area contributed by atoms with E-state index < -0.39 is 0 Å². The molecule has 2 saturated heterocycles. The van der Waals surface area contributed by atoms with Gasteiger partial charge >= 0.3 is 0 Å². The van der Waals surface area contributed by atoms with E-state index >= 15 is 0 Å². The number of hydrogen-bond acceptors (Lipinski definition) is 5. The van der Waals surface area contributed by atoms with Gasteiger partial charge in [0.1, 0.15) is 0 Å². The predicted molar refractivity (Wildman–Crippen MR) is 66.7 cm³/mol. The van der Waals surface area contributed by atoms with Crippen LogP contribution in [0, 0.1) is 0 Å². The second kappa shape index (κ2) is 9.99. The number of nitrogens with one attached hydrogen (secondary N) is 4. The number of hydrogen-bond donors (Lipinski definition) is 5. The van der Waals surface area contributed by atoms with Crippen LogP contribution in [0.5, 0.6) is 0 Å². The van der Waals surface area contributed by atoms with Crippen molar-refractivity contribution in [2.45, 2.75) is 18.9 Å². The third-order valence-electron chi connectivity index (χ3n) is 2.79. The first-order chi connectivity index (χ1) is 7.93. The molecule has 0 aromatic heterocycles. The first-order valence-electron chi connectivity index (χ1n) is 6.40. The van der Waals surface area contributed by atoms with Gasteiger partial charge in [-0.25, -0.2) is 0 Å². The average Bonchev–Trinajstić information content (AvgIpc) is 2.40. The Balaban J connectivity index is 0.000000181. The highest BCUT2D eigenvalue weighted by Crippen LogP contribution is 1.96. The number of aliphatic hydroxyl groups excluding tert-OH is 1. The van der Waals surface area contributed by atoms with Gasteiger partial charge < -0.3 is 26.4 Å². The smallest absolute Gasteiger partial charge is 0.0431 e. The third-order valence-corrected chi connectivity index (χ3v) is 2.79. The van der Waals surface area contributed by atoms with Crippen molar-refractivity contribution in [3.8, 4) is 0 Å². The molecule has 1 atom stereocenters. The molecule has 0 saturated carbocycles. The fourth-order valence-electron chi connectivity index (χ4n) is 1.86. The summed E-state index contributed by atoms with van der Waals surface area (Å²) in [6.45, 7) is 8.07. The summed E-state index contributed by atoms with van der Waals surface area (Å²) in [7, 11) is 0. The largest absolute Gasteiger partial charge is 0.396 e. The standard InChI is InChI=1S/C7H16N2O.C4H10N2/c10-5-1-2-7-6-8-3-4-9-7;1-2-6-4-3-5-1/h7-10H,1-6H2;5-6H,1-4H2. The lowest BCUT2D eigenvalue weighted by Gasteiger charge is -2.23. The normalized spacial score (nSPS) is 25.7. The van der Waals surface area contributed by atoms with E-state index in [0.717, 1.165) is 58.7 Å². The molecule has 16 heavy (non-hydrogen) atoms. The molecule has 2 aliphatic rings. The second-order valence-corrected chi connectivity index (χ2v) is 4.22. The molecule has 5 heteroatoms. The van der Waals surface area contributed by atoms with Gasteiger partial charge in [0.05, 0.1) is 0 Å². The Morgan fingerprint density at radius 2 is 1.50 bits per heavy atom. The van der Waals surface area contributed by atoms with E-state index in [1.807, 2.05) is 0 Å². The molecule has 5 N–H and O–H groups in total. The van der Waals surface area contributed by atoms with Crippen molar-refractivity contribution in [1.82, 2.24) is 21.3 Å². The van der Waals surface area contributed by atoms with Crippen LogP contribution in [0.4, 0.5) is 0 Å². The van der Waals surface area contributed by atoms with E-state index in [0.29, 0.717) is 12.6 Å². The maximum Gasteiger partial charge on any atom is 0.0431 e. The summed E-state index contributed by atoms with van der Waals surface area (Å²) in [4.78, 5) is 0. The van der Waals surface area contributed by atoms with Crippen LogP contribution in [-0.4, -0.2) is 63.6 Å². The fraction of sp³-hybridized carbons (Fsp3) is 1.00. The van der Waals surface area contributed by atoms with Crippen molar-refractivity contribution in [1.29, 1.82) is 0 Å². The molecule has 0 aliphatic carbocycles. The first kappa shape index (κ1) is 13.9. The summed E-state index contributed by atoms with van der Waals surface area (Å²) in [6.07, 6.45) is 2.00. The molecule has 1 unspecified atom stereocenters. The van der Waals surface area contributed by atoms with Crippen LogP contribution in [0.25, 0.3) is 0 Å². The van der Waals surface area contributed by atoms with Crippen molar-refractivity contribution in [2.24, 2.45) is 0 Å². The molecule has 0 aromatic carbocycles. The SMILES string of the molecule is C1CNCCN1.OCCCC1CNCCN1. The molecule has 2 rings (SSSR count). The van der Waals surface area contributed by atoms with Crippen LogP contribution in [0.15, 0.2) is 0 Å². The molecular weight excluding hydrogens is 204 g/mol. The van der Waals surface area contributed by atoms with Crippen molar-refractivity contribution >= 4 is 0 Å². The van der Waals surface area contributed by atoms with Gasteiger partial charge in [0.25, 0.3) is 0 Å². The Hall–Kier alpha value is -0.200. The van der Waals surface area contributed by atoms with Crippen molar-refractivity contribution in [3.05, 3.63) is 0 Å². The van der Waals surface area contributed by atoms with Gasteiger partial charge in [-0.3, -0.25) is 0 Å². The summed E-state index contributed by atoms with van der Waals surface area (Å²) in [5, 5.41) is 21.7. The van der Waals surface area contributed by atoms with Crippen molar-refractivity contribution < 1.29 is 5.11 Å². The van der Waals surface area contributed by atoms with E-state index in [1.54, 1.807) is 0 Å².